The Hall–Kier alpha value is -1.12. The van der Waals surface area contributed by atoms with Gasteiger partial charge in [-0.2, -0.15) is 0 Å². The molecule has 0 aromatic rings. The molecule has 0 bridgehead atoms. The quantitative estimate of drug-likeness (QED) is 0.766. The van der Waals surface area contributed by atoms with Gasteiger partial charge in [-0.3, -0.25) is 9.59 Å². The van der Waals surface area contributed by atoms with Crippen LogP contribution in [-0.2, 0) is 9.59 Å². The van der Waals surface area contributed by atoms with Gasteiger partial charge >= 0.3 is 0 Å². The third-order valence-electron chi connectivity index (χ3n) is 3.08. The van der Waals surface area contributed by atoms with E-state index in [1.807, 2.05) is 26.8 Å². The van der Waals surface area contributed by atoms with Crippen molar-refractivity contribution in [2.24, 2.45) is 11.8 Å². The Kier molecular flexibility index (Phi) is 4.49. The first-order valence-corrected chi connectivity index (χ1v) is 6.30. The summed E-state index contributed by atoms with van der Waals surface area (Å²) in [6, 6.07) is 0. The van der Waals surface area contributed by atoms with Crippen molar-refractivity contribution in [3.63, 3.8) is 0 Å². The van der Waals surface area contributed by atoms with E-state index in [1.54, 1.807) is 6.08 Å². The lowest BCUT2D eigenvalue weighted by molar-refractivity contribution is -0.118. The minimum absolute atomic E-state index is 0.0614. The maximum atomic E-state index is 11.6. The number of Topliss-reactive ketones (excluding diaryl/α,β-unsaturated/α-hetero) is 1. The number of rotatable bonds is 3. The Labute approximate surface area is 104 Å². The first kappa shape index (κ1) is 13.9. The molecule has 0 saturated heterocycles. The van der Waals surface area contributed by atoms with E-state index in [4.69, 9.17) is 0 Å². The summed E-state index contributed by atoms with van der Waals surface area (Å²) in [5.74, 6) is 1.01. The highest BCUT2D eigenvalue weighted by Crippen LogP contribution is 2.29. The molecule has 1 N–H and O–H groups in total. The van der Waals surface area contributed by atoms with Crippen LogP contribution in [0.4, 0.5) is 0 Å². The summed E-state index contributed by atoms with van der Waals surface area (Å²) in [5.41, 5.74) is -0.200. The van der Waals surface area contributed by atoms with Gasteiger partial charge in [0.1, 0.15) is 5.78 Å². The zero-order valence-corrected chi connectivity index (χ0v) is 11.2. The lowest BCUT2D eigenvalue weighted by atomic mass is 9.92. The normalized spacial score (nSPS) is 23.1. The Morgan fingerprint density at radius 2 is 2.12 bits per heavy atom. The van der Waals surface area contributed by atoms with Crippen LogP contribution in [0.25, 0.3) is 0 Å². The predicted molar refractivity (Wildman–Crippen MR) is 68.5 cm³/mol. The van der Waals surface area contributed by atoms with Crippen molar-refractivity contribution in [2.45, 2.75) is 52.5 Å². The van der Waals surface area contributed by atoms with Gasteiger partial charge < -0.3 is 5.32 Å². The van der Waals surface area contributed by atoms with E-state index >= 15 is 0 Å². The highest BCUT2D eigenvalue weighted by molar-refractivity contribution is 5.88. The van der Waals surface area contributed by atoms with Crippen LogP contribution in [0.5, 0.6) is 0 Å². The minimum Gasteiger partial charge on any atom is -0.348 e. The summed E-state index contributed by atoms with van der Waals surface area (Å²) in [6.45, 7) is 7.94. The highest BCUT2D eigenvalue weighted by atomic mass is 16.1. The van der Waals surface area contributed by atoms with Crippen molar-refractivity contribution < 1.29 is 9.59 Å². The smallest absolute Gasteiger partial charge is 0.244 e. The Morgan fingerprint density at radius 3 is 2.59 bits per heavy atom. The number of carbonyl (C=O) groups is 2. The molecule has 96 valence electrons. The molecule has 17 heavy (non-hydrogen) atoms. The van der Waals surface area contributed by atoms with E-state index in [0.29, 0.717) is 30.5 Å². The van der Waals surface area contributed by atoms with Crippen LogP contribution < -0.4 is 5.32 Å². The lowest BCUT2D eigenvalue weighted by Crippen LogP contribution is -2.39. The molecule has 0 spiro atoms. The Bertz CT molecular complexity index is 326. The highest BCUT2D eigenvalue weighted by Gasteiger charge is 2.25. The fourth-order valence-electron chi connectivity index (χ4n) is 2.10. The fourth-order valence-corrected chi connectivity index (χ4v) is 2.10. The van der Waals surface area contributed by atoms with Crippen LogP contribution in [-0.4, -0.2) is 17.2 Å². The van der Waals surface area contributed by atoms with E-state index in [2.05, 4.69) is 12.2 Å². The standard InChI is InChI=1S/C14H23NO2/c1-10(11-6-7-12(16)9-11)5-8-13(17)15-14(2,3)4/h5,8,10-11H,6-7,9H2,1-4H3,(H,15,17)/b8-5+/t10-,11+/m1/s1. The van der Waals surface area contributed by atoms with Gasteiger partial charge in [-0.1, -0.05) is 13.0 Å². The van der Waals surface area contributed by atoms with Crippen LogP contribution in [0, 0.1) is 11.8 Å². The molecule has 0 heterocycles. The summed E-state index contributed by atoms with van der Waals surface area (Å²) in [6.07, 6.45) is 5.86. The van der Waals surface area contributed by atoms with Crippen molar-refractivity contribution in [1.29, 1.82) is 0 Å². The molecule has 2 atom stereocenters. The monoisotopic (exact) mass is 237 g/mol. The molecule has 0 radical (unpaired) electrons. The lowest BCUT2D eigenvalue weighted by Gasteiger charge is -2.19. The first-order chi connectivity index (χ1) is 7.78. The van der Waals surface area contributed by atoms with Gasteiger partial charge in [-0.25, -0.2) is 0 Å². The van der Waals surface area contributed by atoms with Crippen LogP contribution in [0.2, 0.25) is 0 Å². The average Bonchev–Trinajstić information content (AvgIpc) is 2.58. The summed E-state index contributed by atoms with van der Waals surface area (Å²) >= 11 is 0. The van der Waals surface area contributed by atoms with Gasteiger partial charge in [0.25, 0.3) is 0 Å². The maximum absolute atomic E-state index is 11.6. The molecular weight excluding hydrogens is 214 g/mol. The zero-order chi connectivity index (χ0) is 13.1. The number of amides is 1. The SMILES string of the molecule is C[C@H](/C=C/C(=O)NC(C)(C)C)[C@H]1CCC(=O)C1. The van der Waals surface area contributed by atoms with Crippen LogP contribution in [0.3, 0.4) is 0 Å². The van der Waals surface area contributed by atoms with E-state index in [9.17, 15) is 9.59 Å². The number of carbonyl (C=O) groups excluding carboxylic acids is 2. The molecule has 0 aromatic heterocycles. The average molecular weight is 237 g/mol. The zero-order valence-electron chi connectivity index (χ0n) is 11.2. The molecule has 1 aliphatic rings. The number of ketones is 1. The summed E-state index contributed by atoms with van der Waals surface area (Å²) in [7, 11) is 0. The fraction of sp³-hybridized carbons (Fsp3) is 0.714. The van der Waals surface area contributed by atoms with Crippen LogP contribution >= 0.6 is 0 Å². The molecule has 1 saturated carbocycles. The van der Waals surface area contributed by atoms with Crippen LogP contribution in [0.1, 0.15) is 47.0 Å². The minimum atomic E-state index is -0.200. The van der Waals surface area contributed by atoms with Crippen molar-refractivity contribution in [1.82, 2.24) is 5.32 Å². The van der Waals surface area contributed by atoms with Crippen LogP contribution in [0.15, 0.2) is 12.2 Å². The number of allylic oxidation sites excluding steroid dienone is 1. The summed E-state index contributed by atoms with van der Waals surface area (Å²) in [5, 5.41) is 2.88. The number of hydrogen-bond acceptors (Lipinski definition) is 2. The van der Waals surface area contributed by atoms with E-state index < -0.39 is 0 Å². The van der Waals surface area contributed by atoms with E-state index in [1.165, 1.54) is 0 Å². The number of nitrogens with one attached hydrogen (secondary N) is 1. The predicted octanol–water partition coefficient (Wildman–Crippen LogP) is 2.46. The molecule has 0 aliphatic heterocycles. The van der Waals surface area contributed by atoms with E-state index in [-0.39, 0.29) is 11.4 Å². The summed E-state index contributed by atoms with van der Waals surface area (Å²) < 4.78 is 0. The molecule has 1 rings (SSSR count). The molecule has 0 aromatic carbocycles. The second-order valence-electron chi connectivity index (χ2n) is 6.00. The second-order valence-corrected chi connectivity index (χ2v) is 6.00. The van der Waals surface area contributed by atoms with Crippen molar-refractivity contribution in [3.8, 4) is 0 Å². The van der Waals surface area contributed by atoms with Gasteiger partial charge in [0.15, 0.2) is 0 Å². The third kappa shape index (κ3) is 5.16. The number of hydrogen-bond donors (Lipinski definition) is 1. The topological polar surface area (TPSA) is 46.2 Å². The third-order valence-corrected chi connectivity index (χ3v) is 3.08. The first-order valence-electron chi connectivity index (χ1n) is 6.30. The van der Waals surface area contributed by atoms with Gasteiger partial charge in [-0.05, 0) is 45.1 Å². The van der Waals surface area contributed by atoms with Crippen molar-refractivity contribution >= 4 is 11.7 Å². The Balaban J connectivity index is 2.42. The largest absolute Gasteiger partial charge is 0.348 e. The summed E-state index contributed by atoms with van der Waals surface area (Å²) in [4.78, 5) is 22.8. The Morgan fingerprint density at radius 1 is 1.47 bits per heavy atom. The molecular formula is C14H23NO2. The van der Waals surface area contributed by atoms with Gasteiger partial charge in [-0.15, -0.1) is 0 Å². The maximum Gasteiger partial charge on any atom is 0.244 e. The molecule has 1 aliphatic carbocycles. The molecule has 3 nitrogen and oxygen atoms in total. The van der Waals surface area contributed by atoms with Crippen molar-refractivity contribution in [2.75, 3.05) is 0 Å². The van der Waals surface area contributed by atoms with Gasteiger partial charge in [0.05, 0.1) is 0 Å². The van der Waals surface area contributed by atoms with Gasteiger partial charge in [0.2, 0.25) is 5.91 Å². The molecule has 0 unspecified atom stereocenters. The van der Waals surface area contributed by atoms with Crippen molar-refractivity contribution in [3.05, 3.63) is 12.2 Å². The van der Waals surface area contributed by atoms with Gasteiger partial charge in [0, 0.05) is 18.4 Å². The molecule has 3 heteroatoms. The van der Waals surface area contributed by atoms with E-state index in [0.717, 1.165) is 6.42 Å². The molecule has 1 fully saturated rings. The molecule has 1 amide bonds. The second kappa shape index (κ2) is 5.48.